The number of nitrogens with zero attached hydrogens (tertiary/aromatic N) is 2. The van der Waals surface area contributed by atoms with Crippen molar-refractivity contribution in [3.05, 3.63) is 47.5 Å². The molecule has 1 amide bonds. The van der Waals surface area contributed by atoms with Gasteiger partial charge in [-0.2, -0.15) is 5.10 Å². The summed E-state index contributed by atoms with van der Waals surface area (Å²) in [5, 5.41) is 4.08. The zero-order valence-electron chi connectivity index (χ0n) is 11.5. The Kier molecular flexibility index (Phi) is 4.08. The SMILES string of the molecule is CCc1c(C(=O)NS(C)(=O)=O)cnn1-c1ccc(F)cc1. The molecule has 21 heavy (non-hydrogen) atoms. The first-order valence-electron chi connectivity index (χ1n) is 6.16. The average Bonchev–Trinajstić information content (AvgIpc) is 2.81. The van der Waals surface area contributed by atoms with Gasteiger partial charge in [-0.1, -0.05) is 6.92 Å². The molecule has 2 rings (SSSR count). The average molecular weight is 311 g/mol. The molecule has 112 valence electrons. The summed E-state index contributed by atoms with van der Waals surface area (Å²) in [7, 11) is -3.64. The van der Waals surface area contributed by atoms with Crippen LogP contribution < -0.4 is 4.72 Å². The van der Waals surface area contributed by atoms with Crippen LogP contribution in [0.2, 0.25) is 0 Å². The monoisotopic (exact) mass is 311 g/mol. The number of hydrogen-bond acceptors (Lipinski definition) is 4. The van der Waals surface area contributed by atoms with Crippen LogP contribution in [0.1, 0.15) is 23.0 Å². The molecular weight excluding hydrogens is 297 g/mol. The van der Waals surface area contributed by atoms with Crippen molar-refractivity contribution in [2.24, 2.45) is 0 Å². The maximum atomic E-state index is 12.9. The summed E-state index contributed by atoms with van der Waals surface area (Å²) in [4.78, 5) is 11.9. The minimum atomic E-state index is -3.64. The molecular formula is C13H14FN3O3S. The van der Waals surface area contributed by atoms with E-state index in [4.69, 9.17) is 0 Å². The van der Waals surface area contributed by atoms with Crippen LogP contribution in [0.4, 0.5) is 4.39 Å². The van der Waals surface area contributed by atoms with E-state index in [1.807, 2.05) is 11.6 Å². The van der Waals surface area contributed by atoms with Gasteiger partial charge in [-0.3, -0.25) is 4.79 Å². The van der Waals surface area contributed by atoms with Gasteiger partial charge in [0.2, 0.25) is 10.0 Å². The number of halogens is 1. The van der Waals surface area contributed by atoms with E-state index in [2.05, 4.69) is 5.10 Å². The molecule has 0 aliphatic carbocycles. The van der Waals surface area contributed by atoms with Gasteiger partial charge in [-0.15, -0.1) is 0 Å². The van der Waals surface area contributed by atoms with E-state index in [0.29, 0.717) is 17.8 Å². The molecule has 0 bridgehead atoms. The molecule has 0 aliphatic heterocycles. The zero-order valence-corrected chi connectivity index (χ0v) is 12.3. The summed E-state index contributed by atoms with van der Waals surface area (Å²) >= 11 is 0. The van der Waals surface area contributed by atoms with E-state index in [-0.39, 0.29) is 11.4 Å². The second kappa shape index (κ2) is 5.65. The van der Waals surface area contributed by atoms with Crippen molar-refractivity contribution in [2.45, 2.75) is 13.3 Å². The standard InChI is InChI=1S/C13H14FN3O3S/c1-3-12-11(13(18)16-21(2,19)20)8-15-17(12)10-6-4-9(14)5-7-10/h4-8H,3H2,1-2H3,(H,16,18). The normalized spacial score (nSPS) is 11.4. The Labute approximate surface area is 121 Å². The third kappa shape index (κ3) is 3.46. The maximum absolute atomic E-state index is 12.9. The van der Waals surface area contributed by atoms with Crippen LogP contribution in [0.3, 0.4) is 0 Å². The molecule has 1 aromatic carbocycles. The van der Waals surface area contributed by atoms with Crippen molar-refractivity contribution in [1.29, 1.82) is 0 Å². The maximum Gasteiger partial charge on any atom is 0.268 e. The summed E-state index contributed by atoms with van der Waals surface area (Å²) in [6.45, 7) is 1.81. The van der Waals surface area contributed by atoms with Crippen LogP contribution in [-0.2, 0) is 16.4 Å². The van der Waals surface area contributed by atoms with E-state index >= 15 is 0 Å². The molecule has 0 saturated carbocycles. The fraction of sp³-hybridized carbons (Fsp3) is 0.231. The Morgan fingerprint density at radius 1 is 1.33 bits per heavy atom. The zero-order chi connectivity index (χ0) is 15.6. The van der Waals surface area contributed by atoms with Crippen LogP contribution in [-0.4, -0.2) is 30.4 Å². The Hall–Kier alpha value is -2.22. The van der Waals surface area contributed by atoms with Crippen LogP contribution >= 0.6 is 0 Å². The van der Waals surface area contributed by atoms with E-state index in [1.165, 1.54) is 35.1 Å². The number of rotatable bonds is 4. The van der Waals surface area contributed by atoms with Crippen molar-refractivity contribution in [2.75, 3.05) is 6.26 Å². The van der Waals surface area contributed by atoms with E-state index in [1.54, 1.807) is 0 Å². The number of nitrogens with one attached hydrogen (secondary N) is 1. The summed E-state index contributed by atoms with van der Waals surface area (Å²) in [5.41, 5.74) is 1.31. The van der Waals surface area contributed by atoms with Gasteiger partial charge in [-0.25, -0.2) is 22.2 Å². The molecule has 0 fully saturated rings. The molecule has 1 aromatic heterocycles. The molecule has 1 heterocycles. The van der Waals surface area contributed by atoms with E-state index < -0.39 is 15.9 Å². The molecule has 6 nitrogen and oxygen atoms in total. The van der Waals surface area contributed by atoms with Gasteiger partial charge in [0.15, 0.2) is 0 Å². The highest BCUT2D eigenvalue weighted by Crippen LogP contribution is 2.16. The van der Waals surface area contributed by atoms with Gasteiger partial charge < -0.3 is 0 Å². The summed E-state index contributed by atoms with van der Waals surface area (Å²) in [6.07, 6.45) is 2.66. The predicted molar refractivity (Wildman–Crippen MR) is 75.2 cm³/mol. The van der Waals surface area contributed by atoms with E-state index in [9.17, 15) is 17.6 Å². The second-order valence-corrected chi connectivity index (χ2v) is 6.20. The first-order chi connectivity index (χ1) is 9.81. The lowest BCUT2D eigenvalue weighted by molar-refractivity contribution is 0.0980. The number of sulfonamides is 1. The second-order valence-electron chi connectivity index (χ2n) is 4.45. The Morgan fingerprint density at radius 3 is 2.48 bits per heavy atom. The fourth-order valence-corrected chi connectivity index (χ4v) is 2.38. The van der Waals surface area contributed by atoms with Crippen LogP contribution in [0, 0.1) is 5.82 Å². The summed E-state index contributed by atoms with van der Waals surface area (Å²) in [5.74, 6) is -1.11. The third-order valence-electron chi connectivity index (χ3n) is 2.80. The van der Waals surface area contributed by atoms with Crippen molar-refractivity contribution in [3.8, 4) is 5.69 Å². The van der Waals surface area contributed by atoms with Gasteiger partial charge in [0, 0.05) is 0 Å². The minimum absolute atomic E-state index is 0.173. The molecule has 0 spiro atoms. The molecule has 0 radical (unpaired) electrons. The smallest absolute Gasteiger partial charge is 0.268 e. The van der Waals surface area contributed by atoms with Crippen molar-refractivity contribution in [3.63, 3.8) is 0 Å². The van der Waals surface area contributed by atoms with Gasteiger partial charge in [0.25, 0.3) is 5.91 Å². The Morgan fingerprint density at radius 2 is 1.95 bits per heavy atom. The highest BCUT2D eigenvalue weighted by atomic mass is 32.2. The molecule has 0 saturated heterocycles. The lowest BCUT2D eigenvalue weighted by Gasteiger charge is -2.08. The van der Waals surface area contributed by atoms with Crippen LogP contribution in [0.25, 0.3) is 5.69 Å². The fourth-order valence-electron chi connectivity index (χ4n) is 1.93. The highest BCUT2D eigenvalue weighted by molar-refractivity contribution is 7.89. The van der Waals surface area contributed by atoms with Gasteiger partial charge in [-0.05, 0) is 30.7 Å². The number of benzene rings is 1. The number of amides is 1. The molecule has 8 heteroatoms. The molecule has 0 unspecified atom stereocenters. The van der Waals surface area contributed by atoms with Crippen LogP contribution in [0.5, 0.6) is 0 Å². The van der Waals surface area contributed by atoms with E-state index in [0.717, 1.165) is 6.26 Å². The molecule has 2 aromatic rings. The molecule has 0 atom stereocenters. The largest absolute Gasteiger partial charge is 0.268 e. The lowest BCUT2D eigenvalue weighted by Crippen LogP contribution is -2.29. The quantitative estimate of drug-likeness (QED) is 0.922. The van der Waals surface area contributed by atoms with Crippen LogP contribution in [0.15, 0.2) is 30.5 Å². The van der Waals surface area contributed by atoms with Crippen molar-refractivity contribution < 1.29 is 17.6 Å². The Balaban J connectivity index is 2.43. The van der Waals surface area contributed by atoms with Crippen molar-refractivity contribution in [1.82, 2.24) is 14.5 Å². The van der Waals surface area contributed by atoms with Gasteiger partial charge in [0.1, 0.15) is 5.82 Å². The first-order valence-corrected chi connectivity index (χ1v) is 8.06. The molecule has 0 aliphatic rings. The highest BCUT2D eigenvalue weighted by Gasteiger charge is 2.19. The van der Waals surface area contributed by atoms with Gasteiger partial charge >= 0.3 is 0 Å². The summed E-state index contributed by atoms with van der Waals surface area (Å²) in [6, 6.07) is 5.62. The topological polar surface area (TPSA) is 81.1 Å². The number of carbonyl (C=O) groups excluding carboxylic acids is 1. The summed E-state index contributed by atoms with van der Waals surface area (Å²) < 4.78 is 38.6. The first kappa shape index (κ1) is 15.2. The Bertz CT molecular complexity index is 766. The lowest BCUT2D eigenvalue weighted by atomic mass is 10.2. The van der Waals surface area contributed by atoms with Crippen molar-refractivity contribution >= 4 is 15.9 Å². The number of carbonyl (C=O) groups is 1. The predicted octanol–water partition coefficient (Wildman–Crippen LogP) is 1.26. The van der Waals surface area contributed by atoms with Gasteiger partial charge in [0.05, 0.1) is 29.4 Å². The number of aromatic nitrogens is 2. The minimum Gasteiger partial charge on any atom is -0.268 e. The third-order valence-corrected chi connectivity index (χ3v) is 3.35. The number of hydrogen-bond donors (Lipinski definition) is 1. The molecule has 1 N–H and O–H groups in total.